The van der Waals surface area contributed by atoms with Crippen LogP contribution < -0.4 is 4.74 Å². The van der Waals surface area contributed by atoms with Gasteiger partial charge in [-0.1, -0.05) is 12.6 Å². The molecule has 0 saturated heterocycles. The van der Waals surface area contributed by atoms with Crippen molar-refractivity contribution in [2.45, 2.75) is 6.92 Å². The highest BCUT2D eigenvalue weighted by atomic mass is 16.5. The van der Waals surface area contributed by atoms with Crippen LogP contribution in [0, 0.1) is 0 Å². The van der Waals surface area contributed by atoms with Crippen LogP contribution in [-0.2, 0) is 0 Å². The molecule has 0 amide bonds. The van der Waals surface area contributed by atoms with Gasteiger partial charge >= 0.3 is 0 Å². The van der Waals surface area contributed by atoms with E-state index in [2.05, 4.69) is 11.6 Å². The van der Waals surface area contributed by atoms with Gasteiger partial charge in [-0.25, -0.2) is 0 Å². The fourth-order valence-corrected chi connectivity index (χ4v) is 1.31. The smallest absolute Gasteiger partial charge is 0.129 e. The standard InChI is InChI=1S/C12H11NO/c1-9(2)14-11-6-5-10-4-3-7-13-12(10)8-11/h3-8H,1H2,2H3. The van der Waals surface area contributed by atoms with E-state index in [9.17, 15) is 0 Å². The first-order valence-electron chi connectivity index (χ1n) is 4.44. The fourth-order valence-electron chi connectivity index (χ4n) is 1.31. The molecule has 0 saturated carbocycles. The molecule has 0 atom stereocenters. The van der Waals surface area contributed by atoms with Gasteiger partial charge in [0.05, 0.1) is 11.3 Å². The van der Waals surface area contributed by atoms with Crippen molar-refractivity contribution in [3.63, 3.8) is 0 Å². The normalized spacial score (nSPS) is 10.1. The van der Waals surface area contributed by atoms with Crippen molar-refractivity contribution in [1.29, 1.82) is 0 Å². The van der Waals surface area contributed by atoms with Gasteiger partial charge in [0.25, 0.3) is 0 Å². The van der Waals surface area contributed by atoms with Crippen molar-refractivity contribution in [2.75, 3.05) is 0 Å². The Kier molecular flexibility index (Phi) is 2.19. The highest BCUT2D eigenvalue weighted by molar-refractivity contribution is 5.79. The molecule has 0 radical (unpaired) electrons. The maximum Gasteiger partial charge on any atom is 0.129 e. The summed E-state index contributed by atoms with van der Waals surface area (Å²) < 4.78 is 5.39. The van der Waals surface area contributed by atoms with E-state index in [-0.39, 0.29) is 0 Å². The summed E-state index contributed by atoms with van der Waals surface area (Å²) in [5, 5.41) is 1.11. The summed E-state index contributed by atoms with van der Waals surface area (Å²) in [5.41, 5.74) is 0.936. The molecular weight excluding hydrogens is 174 g/mol. The van der Waals surface area contributed by atoms with Crippen LogP contribution in [0.25, 0.3) is 10.9 Å². The summed E-state index contributed by atoms with van der Waals surface area (Å²) in [7, 11) is 0. The molecule has 0 spiro atoms. The summed E-state index contributed by atoms with van der Waals surface area (Å²) in [6, 6.07) is 9.75. The lowest BCUT2D eigenvalue weighted by atomic mass is 10.2. The van der Waals surface area contributed by atoms with Gasteiger partial charge < -0.3 is 4.74 Å². The van der Waals surface area contributed by atoms with Crippen molar-refractivity contribution in [1.82, 2.24) is 4.98 Å². The minimum atomic E-state index is 0.681. The predicted octanol–water partition coefficient (Wildman–Crippen LogP) is 3.15. The van der Waals surface area contributed by atoms with Crippen LogP contribution in [0.3, 0.4) is 0 Å². The number of ether oxygens (including phenoxy) is 1. The molecule has 0 aliphatic carbocycles. The van der Waals surface area contributed by atoms with Crippen molar-refractivity contribution in [3.8, 4) is 5.75 Å². The zero-order valence-electron chi connectivity index (χ0n) is 8.03. The van der Waals surface area contributed by atoms with Gasteiger partial charge in [0, 0.05) is 17.6 Å². The van der Waals surface area contributed by atoms with E-state index in [1.807, 2.05) is 37.3 Å². The molecule has 2 rings (SSSR count). The van der Waals surface area contributed by atoms with Gasteiger partial charge in [-0.2, -0.15) is 0 Å². The molecule has 0 fully saturated rings. The van der Waals surface area contributed by atoms with E-state index < -0.39 is 0 Å². The van der Waals surface area contributed by atoms with Crippen LogP contribution in [0.1, 0.15) is 6.92 Å². The lowest BCUT2D eigenvalue weighted by Crippen LogP contribution is -1.88. The van der Waals surface area contributed by atoms with Crippen molar-refractivity contribution in [3.05, 3.63) is 48.9 Å². The van der Waals surface area contributed by atoms with E-state index in [4.69, 9.17) is 4.74 Å². The second-order valence-corrected chi connectivity index (χ2v) is 3.16. The number of rotatable bonds is 2. The van der Waals surface area contributed by atoms with E-state index in [1.54, 1.807) is 6.20 Å². The summed E-state index contributed by atoms with van der Waals surface area (Å²) in [6.45, 7) is 5.51. The zero-order valence-corrected chi connectivity index (χ0v) is 8.03. The van der Waals surface area contributed by atoms with E-state index in [1.165, 1.54) is 0 Å². The first kappa shape index (κ1) is 8.75. The zero-order chi connectivity index (χ0) is 9.97. The van der Waals surface area contributed by atoms with Gasteiger partial charge in [-0.3, -0.25) is 4.98 Å². The van der Waals surface area contributed by atoms with E-state index in [0.717, 1.165) is 16.7 Å². The highest BCUT2D eigenvalue weighted by Gasteiger charge is 1.97. The van der Waals surface area contributed by atoms with E-state index in [0.29, 0.717) is 5.76 Å². The molecule has 0 bridgehead atoms. The first-order valence-corrected chi connectivity index (χ1v) is 4.44. The Bertz CT molecular complexity index is 476. The topological polar surface area (TPSA) is 22.1 Å². The minimum Gasteiger partial charge on any atom is -0.463 e. The molecule has 0 unspecified atom stereocenters. The number of fused-ring (bicyclic) bond motifs is 1. The maximum atomic E-state index is 5.39. The van der Waals surface area contributed by atoms with Crippen LogP contribution >= 0.6 is 0 Å². The Morgan fingerprint density at radius 3 is 3.00 bits per heavy atom. The number of allylic oxidation sites excluding steroid dienone is 1. The van der Waals surface area contributed by atoms with Crippen molar-refractivity contribution in [2.24, 2.45) is 0 Å². The van der Waals surface area contributed by atoms with E-state index >= 15 is 0 Å². The summed E-state index contributed by atoms with van der Waals surface area (Å²) >= 11 is 0. The van der Waals surface area contributed by atoms with Crippen LogP contribution in [0.4, 0.5) is 0 Å². The number of benzene rings is 1. The SMILES string of the molecule is C=C(C)Oc1ccc2cccnc2c1. The third-order valence-corrected chi connectivity index (χ3v) is 1.87. The molecule has 1 aromatic carbocycles. The molecule has 2 aromatic rings. The molecule has 2 nitrogen and oxygen atoms in total. The Labute approximate surface area is 82.9 Å². The fraction of sp³-hybridized carbons (Fsp3) is 0.0833. The van der Waals surface area contributed by atoms with Crippen LogP contribution in [0.5, 0.6) is 5.75 Å². The predicted molar refractivity (Wildman–Crippen MR) is 57.2 cm³/mol. The van der Waals surface area contributed by atoms with Gasteiger partial charge in [0.15, 0.2) is 0 Å². The Balaban J connectivity index is 2.46. The summed E-state index contributed by atoms with van der Waals surface area (Å²) in [5.74, 6) is 1.46. The first-order chi connectivity index (χ1) is 6.75. The Morgan fingerprint density at radius 1 is 1.36 bits per heavy atom. The van der Waals surface area contributed by atoms with Gasteiger partial charge in [0.1, 0.15) is 5.75 Å². The minimum absolute atomic E-state index is 0.681. The second kappa shape index (κ2) is 3.50. The largest absolute Gasteiger partial charge is 0.463 e. The highest BCUT2D eigenvalue weighted by Crippen LogP contribution is 2.19. The third kappa shape index (κ3) is 1.74. The molecular formula is C12H11NO. The molecule has 2 heteroatoms. The van der Waals surface area contributed by atoms with Gasteiger partial charge in [-0.05, 0) is 25.1 Å². The van der Waals surface area contributed by atoms with Crippen molar-refractivity contribution < 1.29 is 4.74 Å². The number of aromatic nitrogens is 1. The molecule has 14 heavy (non-hydrogen) atoms. The van der Waals surface area contributed by atoms with Crippen LogP contribution in [0.15, 0.2) is 48.9 Å². The second-order valence-electron chi connectivity index (χ2n) is 3.16. The summed E-state index contributed by atoms with van der Waals surface area (Å²) in [4.78, 5) is 4.24. The van der Waals surface area contributed by atoms with Gasteiger partial charge in [-0.15, -0.1) is 0 Å². The number of nitrogens with zero attached hydrogens (tertiary/aromatic N) is 1. The van der Waals surface area contributed by atoms with Crippen LogP contribution in [0.2, 0.25) is 0 Å². The monoisotopic (exact) mass is 185 g/mol. The lowest BCUT2D eigenvalue weighted by Gasteiger charge is -2.04. The quantitative estimate of drug-likeness (QED) is 0.670. The van der Waals surface area contributed by atoms with Crippen molar-refractivity contribution >= 4 is 10.9 Å². The molecule has 0 aliphatic rings. The Morgan fingerprint density at radius 2 is 2.21 bits per heavy atom. The van der Waals surface area contributed by atoms with Crippen LogP contribution in [-0.4, -0.2) is 4.98 Å². The summed E-state index contributed by atoms with van der Waals surface area (Å²) in [6.07, 6.45) is 1.77. The molecule has 1 aromatic heterocycles. The number of pyridine rings is 1. The Hall–Kier alpha value is -1.83. The molecule has 1 heterocycles. The number of hydrogen-bond donors (Lipinski definition) is 0. The average molecular weight is 185 g/mol. The molecule has 0 N–H and O–H groups in total. The average Bonchev–Trinajstić information content (AvgIpc) is 2.17. The lowest BCUT2D eigenvalue weighted by molar-refractivity contribution is 0.431. The van der Waals surface area contributed by atoms with Gasteiger partial charge in [0.2, 0.25) is 0 Å². The third-order valence-electron chi connectivity index (χ3n) is 1.87. The maximum absolute atomic E-state index is 5.39. The number of hydrogen-bond acceptors (Lipinski definition) is 2. The molecule has 0 aliphatic heterocycles. The molecule has 70 valence electrons.